The lowest BCUT2D eigenvalue weighted by molar-refractivity contribution is -0.136. The van der Waals surface area contributed by atoms with Gasteiger partial charge < -0.3 is 22.1 Å². The molecule has 6 N–H and O–H groups in total. The fourth-order valence-electron chi connectivity index (χ4n) is 2.10. The number of anilines is 2. The Bertz CT molecular complexity index is 728. The van der Waals surface area contributed by atoms with E-state index in [1.807, 2.05) is 37.3 Å². The number of rotatable bonds is 4. The van der Waals surface area contributed by atoms with Crippen molar-refractivity contribution in [3.8, 4) is 0 Å². The van der Waals surface area contributed by atoms with Gasteiger partial charge in [0.05, 0.1) is 11.4 Å². The lowest BCUT2D eigenvalue weighted by Crippen LogP contribution is -2.35. The lowest BCUT2D eigenvalue weighted by Gasteiger charge is -2.09. The quantitative estimate of drug-likeness (QED) is 0.503. The number of nitrogen functional groups attached to an aromatic ring is 1. The summed E-state index contributed by atoms with van der Waals surface area (Å²) >= 11 is 0. The maximum atomic E-state index is 11.9. The number of nitrogens with two attached hydrogens (primary N) is 2. The van der Waals surface area contributed by atoms with Gasteiger partial charge in [-0.25, -0.2) is 0 Å². The van der Waals surface area contributed by atoms with E-state index in [0.717, 1.165) is 16.7 Å². The predicted octanol–water partition coefficient (Wildman–Crippen LogP) is 1.29. The van der Waals surface area contributed by atoms with Crippen molar-refractivity contribution >= 4 is 23.2 Å². The van der Waals surface area contributed by atoms with Crippen LogP contribution in [-0.4, -0.2) is 11.8 Å². The minimum absolute atomic E-state index is 0.253. The monoisotopic (exact) mass is 312 g/mol. The van der Waals surface area contributed by atoms with Crippen LogP contribution in [0.2, 0.25) is 0 Å². The predicted molar refractivity (Wildman–Crippen MR) is 90.4 cm³/mol. The maximum Gasteiger partial charge on any atom is 0.313 e. The smallest absolute Gasteiger partial charge is 0.313 e. The molecule has 2 aromatic rings. The molecule has 0 aromatic heterocycles. The Labute approximate surface area is 134 Å². The standard InChI is InChI=1S/C17H20N4O2/c1-11-5-6-15(14(19)7-11)21-17(23)16(22)20-10-13-4-2-3-12(8-13)9-18/h2-8H,9-10,18-19H2,1H3,(H,20,22)(H,21,23). The Morgan fingerprint density at radius 1 is 1.04 bits per heavy atom. The highest BCUT2D eigenvalue weighted by atomic mass is 16.2. The average molecular weight is 312 g/mol. The minimum atomic E-state index is -0.754. The molecule has 2 amide bonds. The van der Waals surface area contributed by atoms with Crippen molar-refractivity contribution in [1.29, 1.82) is 0 Å². The summed E-state index contributed by atoms with van der Waals surface area (Å²) in [4.78, 5) is 23.8. The molecule has 6 heteroatoms. The lowest BCUT2D eigenvalue weighted by atomic mass is 10.1. The molecule has 0 radical (unpaired) electrons. The third-order valence-electron chi connectivity index (χ3n) is 3.34. The van der Waals surface area contributed by atoms with E-state index in [9.17, 15) is 9.59 Å². The fourth-order valence-corrected chi connectivity index (χ4v) is 2.10. The van der Waals surface area contributed by atoms with Crippen LogP contribution < -0.4 is 22.1 Å². The van der Waals surface area contributed by atoms with Crippen molar-refractivity contribution < 1.29 is 9.59 Å². The summed E-state index contributed by atoms with van der Waals surface area (Å²) in [6.45, 7) is 2.57. The fraction of sp³-hybridized carbons (Fsp3) is 0.176. The molecule has 2 rings (SSSR count). The summed E-state index contributed by atoms with van der Waals surface area (Å²) in [7, 11) is 0. The van der Waals surface area contributed by atoms with Crippen LogP contribution in [-0.2, 0) is 22.7 Å². The molecule has 0 unspecified atom stereocenters. The van der Waals surface area contributed by atoms with Gasteiger partial charge in [-0.3, -0.25) is 9.59 Å². The van der Waals surface area contributed by atoms with Gasteiger partial charge in [0.25, 0.3) is 0 Å². The Balaban J connectivity index is 1.93. The van der Waals surface area contributed by atoms with Crippen LogP contribution in [0.5, 0.6) is 0 Å². The van der Waals surface area contributed by atoms with Crippen LogP contribution in [0.25, 0.3) is 0 Å². The molecule has 0 bridgehead atoms. The summed E-state index contributed by atoms with van der Waals surface area (Å²) in [6.07, 6.45) is 0. The Hall–Kier alpha value is -2.86. The van der Waals surface area contributed by atoms with E-state index in [-0.39, 0.29) is 6.54 Å². The summed E-state index contributed by atoms with van der Waals surface area (Å²) in [5.41, 5.74) is 15.0. The highest BCUT2D eigenvalue weighted by Crippen LogP contribution is 2.19. The van der Waals surface area contributed by atoms with Gasteiger partial charge in [0.15, 0.2) is 0 Å². The molecule has 0 heterocycles. The first kappa shape index (κ1) is 16.5. The van der Waals surface area contributed by atoms with Crippen LogP contribution in [0.1, 0.15) is 16.7 Å². The number of carbonyl (C=O) groups is 2. The summed E-state index contributed by atoms with van der Waals surface area (Å²) in [5.74, 6) is -1.47. The molecule has 0 saturated carbocycles. The molecule has 0 aliphatic carbocycles. The van der Waals surface area contributed by atoms with Gasteiger partial charge in [-0.15, -0.1) is 0 Å². The van der Waals surface area contributed by atoms with Crippen molar-refractivity contribution in [2.45, 2.75) is 20.0 Å². The topological polar surface area (TPSA) is 110 Å². The zero-order chi connectivity index (χ0) is 16.8. The highest BCUT2D eigenvalue weighted by Gasteiger charge is 2.14. The number of hydrogen-bond donors (Lipinski definition) is 4. The van der Waals surface area contributed by atoms with Crippen LogP contribution >= 0.6 is 0 Å². The van der Waals surface area contributed by atoms with Crippen molar-refractivity contribution in [1.82, 2.24) is 5.32 Å². The van der Waals surface area contributed by atoms with Crippen LogP contribution in [0.4, 0.5) is 11.4 Å². The van der Waals surface area contributed by atoms with E-state index in [1.54, 1.807) is 12.1 Å². The molecular formula is C17H20N4O2. The molecular weight excluding hydrogens is 292 g/mol. The van der Waals surface area contributed by atoms with Crippen molar-refractivity contribution in [2.24, 2.45) is 5.73 Å². The van der Waals surface area contributed by atoms with E-state index >= 15 is 0 Å². The highest BCUT2D eigenvalue weighted by molar-refractivity contribution is 6.39. The zero-order valence-corrected chi connectivity index (χ0v) is 12.9. The first-order valence-corrected chi connectivity index (χ1v) is 7.23. The first-order chi connectivity index (χ1) is 11.0. The Kier molecular flexibility index (Phi) is 5.32. The molecule has 2 aromatic carbocycles. The Morgan fingerprint density at radius 2 is 1.78 bits per heavy atom. The number of amides is 2. The third-order valence-corrected chi connectivity index (χ3v) is 3.34. The van der Waals surface area contributed by atoms with E-state index < -0.39 is 11.8 Å². The molecule has 23 heavy (non-hydrogen) atoms. The number of carbonyl (C=O) groups excluding carboxylic acids is 2. The minimum Gasteiger partial charge on any atom is -0.397 e. The second kappa shape index (κ2) is 7.42. The normalized spacial score (nSPS) is 10.2. The van der Waals surface area contributed by atoms with E-state index in [4.69, 9.17) is 11.5 Å². The van der Waals surface area contributed by atoms with E-state index in [2.05, 4.69) is 10.6 Å². The third kappa shape index (κ3) is 4.55. The second-order valence-corrected chi connectivity index (χ2v) is 5.25. The van der Waals surface area contributed by atoms with E-state index in [1.165, 1.54) is 0 Å². The molecule has 120 valence electrons. The number of nitrogens with one attached hydrogen (secondary N) is 2. The first-order valence-electron chi connectivity index (χ1n) is 7.23. The van der Waals surface area contributed by atoms with Gasteiger partial charge in [-0.1, -0.05) is 30.3 Å². The molecule has 0 saturated heterocycles. The molecule has 0 aliphatic rings. The molecule has 0 spiro atoms. The van der Waals surface area contributed by atoms with Crippen LogP contribution in [0.15, 0.2) is 42.5 Å². The van der Waals surface area contributed by atoms with Gasteiger partial charge in [0, 0.05) is 13.1 Å². The molecule has 6 nitrogen and oxygen atoms in total. The Morgan fingerprint density at radius 3 is 2.48 bits per heavy atom. The molecule has 0 aliphatic heterocycles. The van der Waals surface area contributed by atoms with Gasteiger partial charge in [-0.2, -0.15) is 0 Å². The number of benzene rings is 2. The van der Waals surface area contributed by atoms with Crippen molar-refractivity contribution in [3.05, 3.63) is 59.2 Å². The van der Waals surface area contributed by atoms with Gasteiger partial charge >= 0.3 is 11.8 Å². The second-order valence-electron chi connectivity index (χ2n) is 5.25. The van der Waals surface area contributed by atoms with Crippen LogP contribution in [0, 0.1) is 6.92 Å². The SMILES string of the molecule is Cc1ccc(NC(=O)C(=O)NCc2cccc(CN)c2)c(N)c1. The van der Waals surface area contributed by atoms with Gasteiger partial charge in [0.1, 0.15) is 0 Å². The number of aryl methyl sites for hydroxylation is 1. The van der Waals surface area contributed by atoms with Gasteiger partial charge in [-0.05, 0) is 35.7 Å². The van der Waals surface area contributed by atoms with Crippen molar-refractivity contribution in [3.63, 3.8) is 0 Å². The average Bonchev–Trinajstić information content (AvgIpc) is 2.55. The van der Waals surface area contributed by atoms with Crippen molar-refractivity contribution in [2.75, 3.05) is 11.1 Å². The molecule has 0 atom stereocenters. The van der Waals surface area contributed by atoms with E-state index in [0.29, 0.717) is 17.9 Å². The molecule has 0 fully saturated rings. The van der Waals surface area contributed by atoms with Crippen LogP contribution in [0.3, 0.4) is 0 Å². The maximum absolute atomic E-state index is 11.9. The summed E-state index contributed by atoms with van der Waals surface area (Å²) < 4.78 is 0. The van der Waals surface area contributed by atoms with Gasteiger partial charge in [0.2, 0.25) is 0 Å². The summed E-state index contributed by atoms with van der Waals surface area (Å²) in [5, 5.41) is 5.07. The number of hydrogen-bond acceptors (Lipinski definition) is 4. The zero-order valence-electron chi connectivity index (χ0n) is 12.9. The largest absolute Gasteiger partial charge is 0.397 e. The summed E-state index contributed by atoms with van der Waals surface area (Å²) in [6, 6.07) is 12.7.